The number of hydrogen-bond acceptors (Lipinski definition) is 4. The van der Waals surface area contributed by atoms with E-state index in [4.69, 9.17) is 0 Å². The first-order chi connectivity index (χ1) is 12.9. The molecule has 6 nitrogen and oxygen atoms in total. The number of rotatable bonds is 6. The number of carbonyl (C=O) groups is 2. The lowest BCUT2D eigenvalue weighted by atomic mass is 10.0. The van der Waals surface area contributed by atoms with Gasteiger partial charge in [0.25, 0.3) is 0 Å². The maximum absolute atomic E-state index is 13.3. The van der Waals surface area contributed by atoms with E-state index in [1.807, 2.05) is 30.3 Å². The van der Waals surface area contributed by atoms with Gasteiger partial charge in [-0.2, -0.15) is 4.39 Å². The first kappa shape index (κ1) is 18.2. The monoisotopic (exact) mass is 366 g/mol. The highest BCUT2D eigenvalue weighted by molar-refractivity contribution is 6.02. The van der Waals surface area contributed by atoms with E-state index >= 15 is 0 Å². The summed E-state index contributed by atoms with van der Waals surface area (Å²) in [6.45, 7) is 0. The summed E-state index contributed by atoms with van der Waals surface area (Å²) in [5.41, 5.74) is -0.106. The van der Waals surface area contributed by atoms with Gasteiger partial charge in [0.05, 0.1) is 4.92 Å². The second-order valence-corrected chi connectivity index (χ2v) is 5.96. The molecule has 0 atom stereocenters. The van der Waals surface area contributed by atoms with Gasteiger partial charge in [-0.25, -0.2) is 0 Å². The number of fused-ring (bicyclic) bond motifs is 1. The van der Waals surface area contributed by atoms with Crippen molar-refractivity contribution in [1.82, 2.24) is 0 Å². The Labute approximate surface area is 153 Å². The van der Waals surface area contributed by atoms with Crippen molar-refractivity contribution >= 4 is 33.8 Å². The fourth-order valence-corrected chi connectivity index (χ4v) is 2.69. The summed E-state index contributed by atoms with van der Waals surface area (Å²) in [4.78, 5) is 34.2. The van der Waals surface area contributed by atoms with E-state index in [0.29, 0.717) is 5.56 Å². The lowest BCUT2D eigenvalue weighted by Crippen LogP contribution is -2.13. The third-order valence-corrected chi connectivity index (χ3v) is 4.08. The summed E-state index contributed by atoms with van der Waals surface area (Å²) in [6, 6.07) is 16.1. The van der Waals surface area contributed by atoms with Crippen LogP contribution in [-0.4, -0.2) is 16.6 Å². The molecule has 0 saturated heterocycles. The predicted octanol–water partition coefficient (Wildman–Crippen LogP) is 4.49. The molecule has 3 aromatic rings. The van der Waals surface area contributed by atoms with Gasteiger partial charge in [0.1, 0.15) is 0 Å². The highest BCUT2D eigenvalue weighted by Gasteiger charge is 2.16. The van der Waals surface area contributed by atoms with Gasteiger partial charge in [0.2, 0.25) is 11.7 Å². The van der Waals surface area contributed by atoms with Crippen LogP contribution < -0.4 is 5.32 Å². The van der Waals surface area contributed by atoms with E-state index in [9.17, 15) is 24.1 Å². The molecule has 3 rings (SSSR count). The fraction of sp³-hybridized carbons (Fsp3) is 0.100. The van der Waals surface area contributed by atoms with Crippen LogP contribution in [0.3, 0.4) is 0 Å². The van der Waals surface area contributed by atoms with Crippen LogP contribution in [0.1, 0.15) is 23.2 Å². The quantitative estimate of drug-likeness (QED) is 0.395. The Kier molecular flexibility index (Phi) is 5.21. The van der Waals surface area contributed by atoms with Crippen molar-refractivity contribution in [3.8, 4) is 0 Å². The number of benzene rings is 3. The van der Waals surface area contributed by atoms with Crippen molar-refractivity contribution in [2.45, 2.75) is 12.8 Å². The van der Waals surface area contributed by atoms with Crippen molar-refractivity contribution in [2.75, 3.05) is 5.32 Å². The van der Waals surface area contributed by atoms with Crippen LogP contribution in [0.5, 0.6) is 0 Å². The summed E-state index contributed by atoms with van der Waals surface area (Å²) in [7, 11) is 0. The first-order valence-electron chi connectivity index (χ1n) is 8.20. The van der Waals surface area contributed by atoms with E-state index in [1.165, 1.54) is 6.07 Å². The van der Waals surface area contributed by atoms with E-state index in [2.05, 4.69) is 5.32 Å². The van der Waals surface area contributed by atoms with Gasteiger partial charge in [0.15, 0.2) is 5.78 Å². The fourth-order valence-electron chi connectivity index (χ4n) is 2.69. The number of nitrogens with zero attached hydrogens (tertiary/aromatic N) is 1. The number of nitro groups is 1. The molecule has 7 heteroatoms. The number of carbonyl (C=O) groups excluding carboxylic acids is 2. The van der Waals surface area contributed by atoms with Gasteiger partial charge in [-0.15, -0.1) is 0 Å². The van der Waals surface area contributed by atoms with Crippen molar-refractivity contribution in [3.05, 3.63) is 82.2 Å². The maximum Gasteiger partial charge on any atom is 0.306 e. The van der Waals surface area contributed by atoms with Gasteiger partial charge in [-0.05, 0) is 29.0 Å². The summed E-state index contributed by atoms with van der Waals surface area (Å²) in [5, 5.41) is 15.1. The van der Waals surface area contributed by atoms with Gasteiger partial charge in [-0.3, -0.25) is 19.7 Å². The Morgan fingerprint density at radius 1 is 0.963 bits per heavy atom. The van der Waals surface area contributed by atoms with Gasteiger partial charge in [-0.1, -0.05) is 36.4 Å². The number of anilines is 1. The van der Waals surface area contributed by atoms with Gasteiger partial charge < -0.3 is 5.32 Å². The molecule has 0 aliphatic heterocycles. The van der Waals surface area contributed by atoms with Crippen LogP contribution >= 0.6 is 0 Å². The third-order valence-electron chi connectivity index (χ3n) is 4.08. The van der Waals surface area contributed by atoms with Crippen LogP contribution in [0.4, 0.5) is 15.8 Å². The first-order valence-corrected chi connectivity index (χ1v) is 8.20. The van der Waals surface area contributed by atoms with Crippen molar-refractivity contribution in [2.24, 2.45) is 0 Å². The Hall–Kier alpha value is -3.61. The molecule has 0 radical (unpaired) electrons. The zero-order valence-corrected chi connectivity index (χ0v) is 14.1. The second kappa shape index (κ2) is 7.74. The molecular formula is C20H15FN2O4. The average Bonchev–Trinajstić information content (AvgIpc) is 2.67. The largest absolute Gasteiger partial charge is 0.326 e. The molecule has 0 spiro atoms. The molecule has 1 amide bonds. The Morgan fingerprint density at radius 3 is 2.44 bits per heavy atom. The van der Waals surface area contributed by atoms with E-state index in [0.717, 1.165) is 22.9 Å². The van der Waals surface area contributed by atoms with E-state index in [-0.39, 0.29) is 24.3 Å². The van der Waals surface area contributed by atoms with Gasteiger partial charge >= 0.3 is 5.69 Å². The number of nitro benzene ring substituents is 1. The molecule has 0 fully saturated rings. The standard InChI is InChI=1S/C20H15FN2O4/c21-17-8-7-16(12-18(17)23(26)27)22-20(25)10-9-19(24)15-6-5-13-3-1-2-4-14(13)11-15/h1-8,11-12H,9-10H2,(H,22,25). The van der Waals surface area contributed by atoms with Crippen LogP contribution in [-0.2, 0) is 4.79 Å². The third kappa shape index (κ3) is 4.33. The summed E-state index contributed by atoms with van der Waals surface area (Å²) in [6.07, 6.45) is -0.0930. The van der Waals surface area contributed by atoms with Crippen LogP contribution in [0.2, 0.25) is 0 Å². The lowest BCUT2D eigenvalue weighted by molar-refractivity contribution is -0.387. The molecule has 27 heavy (non-hydrogen) atoms. The zero-order chi connectivity index (χ0) is 19.4. The molecule has 1 N–H and O–H groups in total. The minimum atomic E-state index is -0.982. The smallest absolute Gasteiger partial charge is 0.306 e. The number of nitrogens with one attached hydrogen (secondary N) is 1. The summed E-state index contributed by atoms with van der Waals surface area (Å²) >= 11 is 0. The summed E-state index contributed by atoms with van der Waals surface area (Å²) in [5.74, 6) is -1.64. The normalized spacial score (nSPS) is 10.6. The average molecular weight is 366 g/mol. The number of hydrogen-bond donors (Lipinski definition) is 1. The summed E-state index contributed by atoms with van der Waals surface area (Å²) < 4.78 is 13.3. The highest BCUT2D eigenvalue weighted by Crippen LogP contribution is 2.22. The molecule has 0 heterocycles. The molecule has 3 aromatic carbocycles. The molecule has 0 bridgehead atoms. The predicted molar refractivity (Wildman–Crippen MR) is 99.2 cm³/mol. The zero-order valence-electron chi connectivity index (χ0n) is 14.1. The molecule has 0 unspecified atom stereocenters. The van der Waals surface area contributed by atoms with E-state index in [1.54, 1.807) is 12.1 Å². The number of Topliss-reactive ketones (excluding diaryl/α,β-unsaturated/α-hetero) is 1. The number of ketones is 1. The Bertz CT molecular complexity index is 1050. The molecule has 0 aliphatic rings. The highest BCUT2D eigenvalue weighted by atomic mass is 19.1. The molecule has 0 aliphatic carbocycles. The van der Waals surface area contributed by atoms with E-state index < -0.39 is 22.3 Å². The van der Waals surface area contributed by atoms with Crippen LogP contribution in [0, 0.1) is 15.9 Å². The minimum Gasteiger partial charge on any atom is -0.326 e. The molecule has 136 valence electrons. The van der Waals surface area contributed by atoms with Crippen molar-refractivity contribution in [3.63, 3.8) is 0 Å². The molecule has 0 aromatic heterocycles. The maximum atomic E-state index is 13.3. The topological polar surface area (TPSA) is 89.3 Å². The Morgan fingerprint density at radius 2 is 1.70 bits per heavy atom. The van der Waals surface area contributed by atoms with Crippen LogP contribution in [0.15, 0.2) is 60.7 Å². The van der Waals surface area contributed by atoms with Crippen molar-refractivity contribution in [1.29, 1.82) is 0 Å². The van der Waals surface area contributed by atoms with Crippen molar-refractivity contribution < 1.29 is 18.9 Å². The van der Waals surface area contributed by atoms with Gasteiger partial charge in [0, 0.05) is 30.2 Å². The lowest BCUT2D eigenvalue weighted by Gasteiger charge is -2.06. The van der Waals surface area contributed by atoms with Crippen LogP contribution in [0.25, 0.3) is 10.8 Å². The Balaban J connectivity index is 1.62. The second-order valence-electron chi connectivity index (χ2n) is 5.96. The molecule has 0 saturated carbocycles. The minimum absolute atomic E-state index is 0.00649. The molecular weight excluding hydrogens is 351 g/mol. The SMILES string of the molecule is O=C(CCC(=O)c1ccc2ccccc2c1)Nc1ccc(F)c([N+](=O)[O-])c1. The number of halogens is 1. The number of amides is 1.